The number of furan rings is 1. The van der Waals surface area contributed by atoms with Gasteiger partial charge in [-0.2, -0.15) is 13.2 Å². The summed E-state index contributed by atoms with van der Waals surface area (Å²) >= 11 is 0. The summed E-state index contributed by atoms with van der Waals surface area (Å²) in [5.74, 6) is 1.14. The van der Waals surface area contributed by atoms with Gasteiger partial charge in [0.2, 0.25) is 10.0 Å². The summed E-state index contributed by atoms with van der Waals surface area (Å²) in [7, 11) is -3.32. The van der Waals surface area contributed by atoms with Crippen molar-refractivity contribution >= 4 is 15.7 Å². The first-order valence-corrected chi connectivity index (χ1v) is 11.0. The Morgan fingerprint density at radius 1 is 0.967 bits per heavy atom. The average Bonchev–Trinajstić information content (AvgIpc) is 3.14. The number of hydrogen-bond donors (Lipinski definition) is 2. The standard InChI is InChI=1S/C21H21F3N2O3S/c1-14(15-5-9-18(10-6-15)26-30(2,27)28)25-13-19-11-12-20(29-19)16-3-7-17(8-4-16)21(22,23)24/h3-12,14,25-26H,13H2,1-2H3/t14-/m1/s1. The van der Waals surface area contributed by atoms with E-state index in [4.69, 9.17) is 4.42 Å². The number of halogens is 3. The van der Waals surface area contributed by atoms with E-state index in [1.54, 1.807) is 24.3 Å². The van der Waals surface area contributed by atoms with Crippen LogP contribution in [0.5, 0.6) is 0 Å². The Labute approximate surface area is 173 Å². The maximum Gasteiger partial charge on any atom is 0.416 e. The molecule has 0 fully saturated rings. The van der Waals surface area contributed by atoms with E-state index in [0.717, 1.165) is 24.0 Å². The van der Waals surface area contributed by atoms with E-state index < -0.39 is 21.8 Å². The van der Waals surface area contributed by atoms with Crippen LogP contribution in [0.3, 0.4) is 0 Å². The second-order valence-corrected chi connectivity index (χ2v) is 8.69. The SMILES string of the molecule is C[C@@H](NCc1ccc(-c2ccc(C(F)(F)F)cc2)o1)c1ccc(NS(C)(=O)=O)cc1. The molecule has 0 aliphatic carbocycles. The maximum absolute atomic E-state index is 12.7. The molecule has 0 aliphatic heterocycles. The van der Waals surface area contributed by atoms with E-state index in [-0.39, 0.29) is 6.04 Å². The molecule has 9 heteroatoms. The molecule has 3 aromatic rings. The van der Waals surface area contributed by atoms with E-state index in [9.17, 15) is 21.6 Å². The minimum atomic E-state index is -4.37. The fourth-order valence-corrected chi connectivity index (χ4v) is 3.44. The largest absolute Gasteiger partial charge is 0.460 e. The first kappa shape index (κ1) is 21.9. The van der Waals surface area contributed by atoms with E-state index >= 15 is 0 Å². The Hall–Kier alpha value is -2.78. The second kappa shape index (κ2) is 8.53. The minimum absolute atomic E-state index is 0.0306. The van der Waals surface area contributed by atoms with Crippen molar-refractivity contribution in [1.82, 2.24) is 5.32 Å². The number of rotatable bonds is 7. The summed E-state index contributed by atoms with van der Waals surface area (Å²) in [6.07, 6.45) is -3.28. The normalized spacial score (nSPS) is 13.2. The molecule has 5 nitrogen and oxygen atoms in total. The molecule has 1 heterocycles. The zero-order valence-corrected chi connectivity index (χ0v) is 17.1. The van der Waals surface area contributed by atoms with Gasteiger partial charge in [-0.15, -0.1) is 0 Å². The lowest BCUT2D eigenvalue weighted by atomic mass is 10.1. The summed E-state index contributed by atoms with van der Waals surface area (Å²) < 4.78 is 68.7. The molecular weight excluding hydrogens is 417 g/mol. The van der Waals surface area contributed by atoms with Gasteiger partial charge in [0.1, 0.15) is 11.5 Å². The molecule has 1 aromatic heterocycles. The highest BCUT2D eigenvalue weighted by Gasteiger charge is 2.30. The highest BCUT2D eigenvalue weighted by atomic mass is 32.2. The van der Waals surface area contributed by atoms with Crippen LogP contribution in [0.1, 0.15) is 29.9 Å². The van der Waals surface area contributed by atoms with Crippen LogP contribution in [0, 0.1) is 0 Å². The van der Waals surface area contributed by atoms with Crippen LogP contribution < -0.4 is 10.0 Å². The molecule has 0 saturated heterocycles. The van der Waals surface area contributed by atoms with Crippen LogP contribution in [0.4, 0.5) is 18.9 Å². The van der Waals surface area contributed by atoms with Gasteiger partial charge in [-0.3, -0.25) is 4.72 Å². The highest BCUT2D eigenvalue weighted by molar-refractivity contribution is 7.92. The van der Waals surface area contributed by atoms with Crippen LogP contribution in [-0.4, -0.2) is 14.7 Å². The predicted molar refractivity (Wildman–Crippen MR) is 109 cm³/mol. The number of anilines is 1. The summed E-state index contributed by atoms with van der Waals surface area (Å²) in [5, 5.41) is 3.30. The van der Waals surface area contributed by atoms with Crippen molar-refractivity contribution in [3.05, 3.63) is 77.6 Å². The minimum Gasteiger partial charge on any atom is -0.460 e. The fraction of sp³-hybridized carbons (Fsp3) is 0.238. The lowest BCUT2D eigenvalue weighted by Gasteiger charge is -2.14. The average molecular weight is 438 g/mol. The van der Waals surface area contributed by atoms with E-state index in [1.165, 1.54) is 12.1 Å². The topological polar surface area (TPSA) is 71.3 Å². The van der Waals surface area contributed by atoms with Crippen LogP contribution in [0.25, 0.3) is 11.3 Å². The third kappa shape index (κ3) is 5.87. The van der Waals surface area contributed by atoms with Gasteiger partial charge in [0.25, 0.3) is 0 Å². The van der Waals surface area contributed by atoms with Crippen LogP contribution >= 0.6 is 0 Å². The molecule has 0 aliphatic rings. The van der Waals surface area contributed by atoms with Gasteiger partial charge in [-0.25, -0.2) is 8.42 Å². The second-order valence-electron chi connectivity index (χ2n) is 6.94. The van der Waals surface area contributed by atoms with Gasteiger partial charge in [-0.1, -0.05) is 24.3 Å². The van der Waals surface area contributed by atoms with E-state index in [1.807, 2.05) is 19.1 Å². The number of benzene rings is 2. The molecule has 30 heavy (non-hydrogen) atoms. The molecule has 0 spiro atoms. The molecule has 0 saturated carbocycles. The fourth-order valence-electron chi connectivity index (χ4n) is 2.88. The quantitative estimate of drug-likeness (QED) is 0.533. The maximum atomic E-state index is 12.7. The Morgan fingerprint density at radius 2 is 1.60 bits per heavy atom. The Morgan fingerprint density at radius 3 is 2.17 bits per heavy atom. The van der Waals surface area contributed by atoms with Gasteiger partial charge < -0.3 is 9.73 Å². The monoisotopic (exact) mass is 438 g/mol. The lowest BCUT2D eigenvalue weighted by molar-refractivity contribution is -0.137. The molecular formula is C21H21F3N2O3S. The Balaban J connectivity index is 1.60. The highest BCUT2D eigenvalue weighted by Crippen LogP contribution is 2.31. The Kier molecular flexibility index (Phi) is 6.23. The summed E-state index contributed by atoms with van der Waals surface area (Å²) in [6.45, 7) is 2.38. The van der Waals surface area contributed by atoms with Gasteiger partial charge in [0.05, 0.1) is 18.4 Å². The summed E-state index contributed by atoms with van der Waals surface area (Å²) in [5.41, 5.74) is 1.31. The van der Waals surface area contributed by atoms with Crippen LogP contribution in [0.2, 0.25) is 0 Å². The van der Waals surface area contributed by atoms with Gasteiger partial charge in [0.15, 0.2) is 0 Å². The smallest absolute Gasteiger partial charge is 0.416 e. The predicted octanol–water partition coefficient (Wildman–Crippen LogP) is 5.19. The molecule has 0 radical (unpaired) electrons. The van der Waals surface area contributed by atoms with Crippen molar-refractivity contribution in [1.29, 1.82) is 0 Å². The molecule has 0 unspecified atom stereocenters. The molecule has 2 aromatic carbocycles. The van der Waals surface area contributed by atoms with Crippen molar-refractivity contribution in [3.8, 4) is 11.3 Å². The first-order valence-electron chi connectivity index (χ1n) is 9.09. The van der Waals surface area contributed by atoms with Crippen molar-refractivity contribution in [2.24, 2.45) is 0 Å². The first-order chi connectivity index (χ1) is 14.0. The number of nitrogens with one attached hydrogen (secondary N) is 2. The molecule has 2 N–H and O–H groups in total. The van der Waals surface area contributed by atoms with E-state index in [2.05, 4.69) is 10.0 Å². The molecule has 0 bridgehead atoms. The lowest BCUT2D eigenvalue weighted by Crippen LogP contribution is -2.17. The van der Waals surface area contributed by atoms with Gasteiger partial charge in [-0.05, 0) is 48.9 Å². The van der Waals surface area contributed by atoms with Crippen LogP contribution in [0.15, 0.2) is 65.1 Å². The number of hydrogen-bond acceptors (Lipinski definition) is 4. The third-order valence-electron chi connectivity index (χ3n) is 4.45. The summed E-state index contributed by atoms with van der Waals surface area (Å²) in [4.78, 5) is 0. The molecule has 160 valence electrons. The zero-order valence-electron chi connectivity index (χ0n) is 16.3. The van der Waals surface area contributed by atoms with Crippen LogP contribution in [-0.2, 0) is 22.7 Å². The zero-order chi connectivity index (χ0) is 21.9. The molecule has 3 rings (SSSR count). The Bertz CT molecular complexity index is 1090. The van der Waals surface area contributed by atoms with Gasteiger partial charge in [0, 0.05) is 17.3 Å². The van der Waals surface area contributed by atoms with Crippen molar-refractivity contribution < 1.29 is 26.0 Å². The van der Waals surface area contributed by atoms with E-state index in [0.29, 0.717) is 29.3 Å². The molecule has 1 atom stereocenters. The van der Waals surface area contributed by atoms with Crippen molar-refractivity contribution in [3.63, 3.8) is 0 Å². The summed E-state index contributed by atoms with van der Waals surface area (Å²) in [6, 6.07) is 15.3. The molecule has 0 amide bonds. The van der Waals surface area contributed by atoms with Gasteiger partial charge >= 0.3 is 6.18 Å². The van der Waals surface area contributed by atoms with Crippen molar-refractivity contribution in [2.45, 2.75) is 25.7 Å². The van der Waals surface area contributed by atoms with Crippen molar-refractivity contribution in [2.75, 3.05) is 11.0 Å². The number of alkyl halides is 3. The third-order valence-corrected chi connectivity index (χ3v) is 5.06. The number of sulfonamides is 1.